The fraction of sp³-hybridized carbons (Fsp3) is 0.231. The summed E-state index contributed by atoms with van der Waals surface area (Å²) >= 11 is 0. The molecule has 0 fully saturated rings. The molecule has 0 aliphatic heterocycles. The molecule has 0 aliphatic carbocycles. The van der Waals surface area contributed by atoms with E-state index in [0.29, 0.717) is 17.8 Å². The van der Waals surface area contributed by atoms with Crippen LogP contribution in [0.15, 0.2) is 35.5 Å². The van der Waals surface area contributed by atoms with Gasteiger partial charge in [-0.3, -0.25) is 5.10 Å². The Hall–Kier alpha value is -2.21. The van der Waals surface area contributed by atoms with E-state index in [1.165, 1.54) is 12.4 Å². The van der Waals surface area contributed by atoms with E-state index in [0.717, 1.165) is 0 Å². The molecule has 0 unspecified atom stereocenters. The summed E-state index contributed by atoms with van der Waals surface area (Å²) < 4.78 is 27.1. The standard InChI is InChI=1S/C13H15N5O2S/c14-8-3-5-11-4-1-2-6-12(11)21(19,20)17-9-7-13-15-10-16-18-13/h1-2,4,6,10,17H,7-9,14H2,(H,15,16,18). The lowest BCUT2D eigenvalue weighted by molar-refractivity contribution is 0.580. The second-order valence-corrected chi connectivity index (χ2v) is 5.82. The zero-order valence-electron chi connectivity index (χ0n) is 11.2. The van der Waals surface area contributed by atoms with Gasteiger partial charge in [-0.2, -0.15) is 5.10 Å². The maximum absolute atomic E-state index is 12.3. The number of rotatable bonds is 5. The van der Waals surface area contributed by atoms with Gasteiger partial charge >= 0.3 is 0 Å². The Labute approximate surface area is 123 Å². The van der Waals surface area contributed by atoms with Crippen LogP contribution in [0.5, 0.6) is 0 Å². The number of aromatic amines is 1. The van der Waals surface area contributed by atoms with E-state index in [1.54, 1.807) is 18.2 Å². The number of hydrogen-bond donors (Lipinski definition) is 3. The molecule has 2 aromatic rings. The van der Waals surface area contributed by atoms with Crippen LogP contribution in [0.1, 0.15) is 11.4 Å². The summed E-state index contributed by atoms with van der Waals surface area (Å²) in [4.78, 5) is 4.07. The Morgan fingerprint density at radius 2 is 2.14 bits per heavy atom. The van der Waals surface area contributed by atoms with E-state index < -0.39 is 10.0 Å². The second-order valence-electron chi connectivity index (χ2n) is 4.08. The Morgan fingerprint density at radius 1 is 1.33 bits per heavy atom. The van der Waals surface area contributed by atoms with Gasteiger partial charge < -0.3 is 5.73 Å². The summed E-state index contributed by atoms with van der Waals surface area (Å²) in [7, 11) is -3.63. The first-order valence-corrected chi connectivity index (χ1v) is 7.73. The third-order valence-electron chi connectivity index (χ3n) is 2.62. The predicted molar refractivity (Wildman–Crippen MR) is 77.6 cm³/mol. The lowest BCUT2D eigenvalue weighted by Gasteiger charge is -2.07. The van der Waals surface area contributed by atoms with Crippen LogP contribution in [-0.4, -0.2) is 36.7 Å². The molecule has 0 saturated heterocycles. The molecule has 7 nitrogen and oxygen atoms in total. The molecule has 0 spiro atoms. The smallest absolute Gasteiger partial charge is 0.241 e. The maximum atomic E-state index is 12.3. The molecule has 2 rings (SSSR count). The topological polar surface area (TPSA) is 114 Å². The zero-order valence-corrected chi connectivity index (χ0v) is 12.0. The maximum Gasteiger partial charge on any atom is 0.241 e. The predicted octanol–water partition coefficient (Wildman–Crippen LogP) is -0.364. The number of nitrogens with zero attached hydrogens (tertiary/aromatic N) is 2. The van der Waals surface area contributed by atoms with Crippen LogP contribution in [-0.2, 0) is 16.4 Å². The quantitative estimate of drug-likeness (QED) is 0.653. The Morgan fingerprint density at radius 3 is 2.86 bits per heavy atom. The van der Waals surface area contributed by atoms with Crippen molar-refractivity contribution < 1.29 is 8.42 Å². The third-order valence-corrected chi connectivity index (χ3v) is 4.14. The molecule has 0 atom stereocenters. The molecular formula is C13H15N5O2S. The molecule has 4 N–H and O–H groups in total. The molecule has 0 bridgehead atoms. The number of hydrogen-bond acceptors (Lipinski definition) is 5. The minimum Gasteiger partial charge on any atom is -0.320 e. The summed E-state index contributed by atoms with van der Waals surface area (Å²) in [6, 6.07) is 6.54. The number of sulfonamides is 1. The zero-order chi connectivity index (χ0) is 15.1. The number of H-pyrrole nitrogens is 1. The van der Waals surface area contributed by atoms with Gasteiger partial charge in [-0.05, 0) is 12.1 Å². The number of nitrogens with one attached hydrogen (secondary N) is 2. The molecule has 8 heteroatoms. The molecule has 0 aliphatic rings. The van der Waals surface area contributed by atoms with Crippen molar-refractivity contribution in [2.45, 2.75) is 11.3 Å². The average Bonchev–Trinajstić information content (AvgIpc) is 2.98. The van der Waals surface area contributed by atoms with E-state index in [9.17, 15) is 8.42 Å². The van der Waals surface area contributed by atoms with Crippen LogP contribution in [0.25, 0.3) is 0 Å². The molecule has 0 radical (unpaired) electrons. The van der Waals surface area contributed by atoms with Gasteiger partial charge in [-0.25, -0.2) is 18.1 Å². The van der Waals surface area contributed by atoms with Gasteiger partial charge in [0.25, 0.3) is 0 Å². The largest absolute Gasteiger partial charge is 0.320 e. The first-order valence-electron chi connectivity index (χ1n) is 6.25. The molecule has 1 aromatic heterocycles. The molecule has 110 valence electrons. The summed E-state index contributed by atoms with van der Waals surface area (Å²) in [5, 5.41) is 6.37. The molecule has 1 aromatic carbocycles. The van der Waals surface area contributed by atoms with E-state index in [-0.39, 0.29) is 18.0 Å². The molecule has 0 saturated carbocycles. The SMILES string of the molecule is NCC#Cc1ccccc1S(=O)(=O)NCCc1ncn[nH]1. The molecule has 21 heavy (non-hydrogen) atoms. The number of benzene rings is 1. The Bertz CT molecular complexity index is 744. The minimum atomic E-state index is -3.63. The van der Waals surface area contributed by atoms with Crippen molar-refractivity contribution in [3.8, 4) is 11.8 Å². The van der Waals surface area contributed by atoms with Crippen molar-refractivity contribution >= 4 is 10.0 Å². The van der Waals surface area contributed by atoms with Crippen LogP contribution < -0.4 is 10.5 Å². The van der Waals surface area contributed by atoms with Gasteiger partial charge in [0.05, 0.1) is 11.4 Å². The molecule has 1 heterocycles. The van der Waals surface area contributed by atoms with E-state index >= 15 is 0 Å². The fourth-order valence-corrected chi connectivity index (χ4v) is 2.88. The minimum absolute atomic E-state index is 0.142. The summed E-state index contributed by atoms with van der Waals surface area (Å²) in [6.07, 6.45) is 1.80. The Kier molecular flexibility index (Phi) is 5.05. The van der Waals surface area contributed by atoms with Crippen molar-refractivity contribution in [1.82, 2.24) is 19.9 Å². The van der Waals surface area contributed by atoms with Crippen molar-refractivity contribution in [2.24, 2.45) is 5.73 Å². The number of nitrogens with two attached hydrogens (primary N) is 1. The summed E-state index contributed by atoms with van der Waals surface area (Å²) in [5.74, 6) is 6.04. The van der Waals surface area contributed by atoms with Crippen LogP contribution in [0, 0.1) is 11.8 Å². The molecular weight excluding hydrogens is 290 g/mol. The van der Waals surface area contributed by atoms with Crippen LogP contribution in [0.3, 0.4) is 0 Å². The lowest BCUT2D eigenvalue weighted by atomic mass is 10.2. The van der Waals surface area contributed by atoms with Crippen molar-refractivity contribution in [1.29, 1.82) is 0 Å². The summed E-state index contributed by atoms with van der Waals surface area (Å²) in [5.41, 5.74) is 5.74. The second kappa shape index (κ2) is 6.99. The van der Waals surface area contributed by atoms with Crippen LogP contribution in [0.4, 0.5) is 0 Å². The van der Waals surface area contributed by atoms with Crippen molar-refractivity contribution in [3.63, 3.8) is 0 Å². The van der Waals surface area contributed by atoms with Gasteiger partial charge in [0, 0.05) is 18.5 Å². The third kappa shape index (κ3) is 4.13. The Balaban J connectivity index is 2.12. The van der Waals surface area contributed by atoms with Gasteiger partial charge in [-0.15, -0.1) is 0 Å². The van der Waals surface area contributed by atoms with Crippen molar-refractivity contribution in [3.05, 3.63) is 42.0 Å². The number of aromatic nitrogens is 3. The van der Waals surface area contributed by atoms with Gasteiger partial charge in [0.1, 0.15) is 12.2 Å². The highest BCUT2D eigenvalue weighted by molar-refractivity contribution is 7.89. The molecule has 0 amide bonds. The lowest BCUT2D eigenvalue weighted by Crippen LogP contribution is -2.27. The van der Waals surface area contributed by atoms with E-state index in [1.807, 2.05) is 0 Å². The highest BCUT2D eigenvalue weighted by Gasteiger charge is 2.16. The van der Waals surface area contributed by atoms with Crippen LogP contribution in [0.2, 0.25) is 0 Å². The van der Waals surface area contributed by atoms with Crippen LogP contribution >= 0.6 is 0 Å². The van der Waals surface area contributed by atoms with E-state index in [2.05, 4.69) is 31.7 Å². The first-order chi connectivity index (χ1) is 10.1. The van der Waals surface area contributed by atoms with Gasteiger partial charge in [0.15, 0.2) is 0 Å². The average molecular weight is 305 g/mol. The monoisotopic (exact) mass is 305 g/mol. The van der Waals surface area contributed by atoms with E-state index in [4.69, 9.17) is 5.73 Å². The van der Waals surface area contributed by atoms with Crippen molar-refractivity contribution in [2.75, 3.05) is 13.1 Å². The normalized spacial score (nSPS) is 10.9. The highest BCUT2D eigenvalue weighted by Crippen LogP contribution is 2.14. The van der Waals surface area contributed by atoms with Gasteiger partial charge in [-0.1, -0.05) is 24.0 Å². The summed E-state index contributed by atoms with van der Waals surface area (Å²) in [6.45, 7) is 0.392. The fourth-order valence-electron chi connectivity index (χ4n) is 1.68. The van der Waals surface area contributed by atoms with Gasteiger partial charge in [0.2, 0.25) is 10.0 Å². The first kappa shape index (κ1) is 15.2. The highest BCUT2D eigenvalue weighted by atomic mass is 32.2.